The predicted molar refractivity (Wildman–Crippen MR) is 109 cm³/mol. The number of amides is 2. The van der Waals surface area contributed by atoms with Crippen LogP contribution in [0.1, 0.15) is 18.3 Å². The maximum atomic E-state index is 12.6. The van der Waals surface area contributed by atoms with E-state index in [9.17, 15) is 9.59 Å². The third-order valence-electron chi connectivity index (χ3n) is 4.71. The highest BCUT2D eigenvalue weighted by Crippen LogP contribution is 2.24. The van der Waals surface area contributed by atoms with Gasteiger partial charge in [0, 0.05) is 11.9 Å². The molecule has 2 atom stereocenters. The Bertz CT molecular complexity index is 834. The molecule has 0 aliphatic carbocycles. The molecule has 0 aliphatic heterocycles. The van der Waals surface area contributed by atoms with E-state index in [0.29, 0.717) is 0 Å². The van der Waals surface area contributed by atoms with Crippen LogP contribution in [0.3, 0.4) is 0 Å². The topological polar surface area (TPSA) is 80.5 Å². The molecule has 7 nitrogen and oxygen atoms in total. The molecule has 0 bridgehead atoms. The zero-order valence-corrected chi connectivity index (χ0v) is 17.5. The average Bonchev–Trinajstić information content (AvgIpc) is 2.87. The Labute approximate surface area is 164 Å². The van der Waals surface area contributed by atoms with Gasteiger partial charge in [0.15, 0.2) is 12.6 Å². The van der Waals surface area contributed by atoms with Crippen LogP contribution in [0.5, 0.6) is 0 Å². The standard InChI is InChI=1S/C19H27N5O2S/c1-12-18(13(2)24(5)22-12)21-19(26)14(3)23(4)11-17(25)20-15-9-7-8-10-16(15)27-6/h7-10,14H,11H2,1-6H3,(H,20,25)(H,21,26)/p+1/t14-/m1/s1. The SMILES string of the molecule is CSc1ccccc1NC(=O)C[NH+](C)[C@H](C)C(=O)Nc1c(C)nn(C)c1C. The fourth-order valence-corrected chi connectivity index (χ4v) is 3.31. The number of aryl methyl sites for hydroxylation is 2. The number of rotatable bonds is 7. The summed E-state index contributed by atoms with van der Waals surface area (Å²) < 4.78 is 1.74. The van der Waals surface area contributed by atoms with Crippen LogP contribution in [-0.2, 0) is 16.6 Å². The van der Waals surface area contributed by atoms with Gasteiger partial charge in [-0.15, -0.1) is 11.8 Å². The van der Waals surface area contributed by atoms with E-state index >= 15 is 0 Å². The second-order valence-electron chi connectivity index (χ2n) is 6.65. The normalized spacial score (nSPS) is 13.1. The van der Waals surface area contributed by atoms with E-state index in [1.54, 1.807) is 16.4 Å². The first-order chi connectivity index (χ1) is 12.7. The fraction of sp³-hybridized carbons (Fsp3) is 0.421. The minimum absolute atomic E-state index is 0.123. The molecule has 146 valence electrons. The van der Waals surface area contributed by atoms with Gasteiger partial charge in [0.25, 0.3) is 11.8 Å². The molecule has 0 saturated carbocycles. The smallest absolute Gasteiger partial charge is 0.282 e. The summed E-state index contributed by atoms with van der Waals surface area (Å²) in [6.07, 6.45) is 1.97. The van der Waals surface area contributed by atoms with E-state index in [1.807, 2.05) is 65.4 Å². The highest BCUT2D eigenvalue weighted by Gasteiger charge is 2.25. The molecule has 0 radical (unpaired) electrons. The summed E-state index contributed by atoms with van der Waals surface area (Å²) in [4.78, 5) is 26.8. The van der Waals surface area contributed by atoms with Crippen molar-refractivity contribution in [3.05, 3.63) is 35.7 Å². The number of nitrogens with zero attached hydrogens (tertiary/aromatic N) is 2. The summed E-state index contributed by atoms with van der Waals surface area (Å²) in [5.41, 5.74) is 3.21. The zero-order chi connectivity index (χ0) is 20.1. The largest absolute Gasteiger partial charge is 0.320 e. The molecule has 27 heavy (non-hydrogen) atoms. The molecule has 1 heterocycles. The number of benzene rings is 1. The first-order valence-corrected chi connectivity index (χ1v) is 10.0. The second-order valence-corrected chi connectivity index (χ2v) is 7.50. The number of nitrogens with one attached hydrogen (secondary N) is 3. The summed E-state index contributed by atoms with van der Waals surface area (Å²) in [6, 6.07) is 7.29. The Morgan fingerprint density at radius 1 is 1.26 bits per heavy atom. The molecule has 1 unspecified atom stereocenters. The lowest BCUT2D eigenvalue weighted by Crippen LogP contribution is -3.14. The number of hydrogen-bond acceptors (Lipinski definition) is 4. The van der Waals surface area contributed by atoms with Crippen molar-refractivity contribution in [1.29, 1.82) is 0 Å². The summed E-state index contributed by atoms with van der Waals surface area (Å²) in [5, 5.41) is 10.2. The first-order valence-electron chi connectivity index (χ1n) is 8.80. The third-order valence-corrected chi connectivity index (χ3v) is 5.51. The second kappa shape index (κ2) is 9.05. The zero-order valence-electron chi connectivity index (χ0n) is 16.7. The Kier molecular flexibility index (Phi) is 7.04. The van der Waals surface area contributed by atoms with Gasteiger partial charge in [-0.05, 0) is 39.2 Å². The number of hydrogen-bond donors (Lipinski definition) is 3. The van der Waals surface area contributed by atoms with Gasteiger partial charge in [-0.3, -0.25) is 14.3 Å². The lowest BCUT2D eigenvalue weighted by molar-refractivity contribution is -0.885. The lowest BCUT2D eigenvalue weighted by atomic mass is 10.2. The van der Waals surface area contributed by atoms with Crippen LogP contribution in [0.25, 0.3) is 0 Å². The van der Waals surface area contributed by atoms with E-state index in [4.69, 9.17) is 0 Å². The van der Waals surface area contributed by atoms with Crippen LogP contribution < -0.4 is 15.5 Å². The quantitative estimate of drug-likeness (QED) is 0.622. The highest BCUT2D eigenvalue weighted by molar-refractivity contribution is 7.98. The van der Waals surface area contributed by atoms with Crippen molar-refractivity contribution in [3.8, 4) is 0 Å². The molecular formula is C19H28N5O2S+. The van der Waals surface area contributed by atoms with Gasteiger partial charge < -0.3 is 15.5 Å². The van der Waals surface area contributed by atoms with Crippen molar-refractivity contribution in [2.75, 3.05) is 30.5 Å². The molecule has 0 saturated heterocycles. The monoisotopic (exact) mass is 390 g/mol. The fourth-order valence-electron chi connectivity index (χ4n) is 2.76. The van der Waals surface area contributed by atoms with Crippen LogP contribution in [0, 0.1) is 13.8 Å². The summed E-state index contributed by atoms with van der Waals surface area (Å²) in [7, 11) is 3.68. The predicted octanol–water partition coefficient (Wildman–Crippen LogP) is 1.24. The van der Waals surface area contributed by atoms with Crippen molar-refractivity contribution in [2.45, 2.75) is 31.7 Å². The first kappa shape index (κ1) is 21.0. The van der Waals surface area contributed by atoms with Crippen LogP contribution in [0.15, 0.2) is 29.2 Å². The molecule has 1 aromatic carbocycles. The Hall–Kier alpha value is -2.32. The van der Waals surface area contributed by atoms with Gasteiger partial charge in [0.1, 0.15) is 0 Å². The Morgan fingerprint density at radius 3 is 2.52 bits per heavy atom. The molecule has 3 N–H and O–H groups in total. The Balaban J connectivity index is 1.96. The molecule has 0 aliphatic rings. The summed E-state index contributed by atoms with van der Waals surface area (Å²) >= 11 is 1.58. The lowest BCUT2D eigenvalue weighted by Gasteiger charge is -2.21. The van der Waals surface area contributed by atoms with E-state index in [1.165, 1.54) is 0 Å². The average molecular weight is 391 g/mol. The molecule has 0 spiro atoms. The summed E-state index contributed by atoms with van der Waals surface area (Å²) in [6.45, 7) is 5.78. The molecular weight excluding hydrogens is 362 g/mol. The van der Waals surface area contributed by atoms with Gasteiger partial charge in [-0.25, -0.2) is 0 Å². The van der Waals surface area contributed by atoms with E-state index < -0.39 is 0 Å². The molecule has 2 rings (SSSR count). The van der Waals surface area contributed by atoms with E-state index in [2.05, 4.69) is 15.7 Å². The van der Waals surface area contributed by atoms with E-state index in [-0.39, 0.29) is 24.4 Å². The molecule has 0 fully saturated rings. The number of aromatic nitrogens is 2. The molecule has 8 heteroatoms. The number of carbonyl (C=O) groups is 2. The van der Waals surface area contributed by atoms with Crippen molar-refractivity contribution in [2.24, 2.45) is 7.05 Å². The molecule has 1 aromatic heterocycles. The molecule has 2 amide bonds. The van der Waals surface area contributed by atoms with Gasteiger partial charge in [-0.1, -0.05) is 12.1 Å². The van der Waals surface area contributed by atoms with Gasteiger partial charge in [0.05, 0.1) is 29.8 Å². The van der Waals surface area contributed by atoms with Crippen LogP contribution in [0.4, 0.5) is 11.4 Å². The summed E-state index contributed by atoms with van der Waals surface area (Å²) in [5.74, 6) is -0.258. The van der Waals surface area contributed by atoms with Gasteiger partial charge in [0.2, 0.25) is 0 Å². The van der Waals surface area contributed by atoms with Crippen LogP contribution >= 0.6 is 11.8 Å². The van der Waals surface area contributed by atoms with Crippen molar-refractivity contribution < 1.29 is 14.5 Å². The number of anilines is 2. The van der Waals surface area contributed by atoms with Crippen molar-refractivity contribution in [1.82, 2.24) is 9.78 Å². The van der Waals surface area contributed by atoms with Gasteiger partial charge >= 0.3 is 0 Å². The van der Waals surface area contributed by atoms with Crippen molar-refractivity contribution >= 4 is 35.0 Å². The van der Waals surface area contributed by atoms with Crippen LogP contribution in [0.2, 0.25) is 0 Å². The van der Waals surface area contributed by atoms with Crippen LogP contribution in [-0.4, -0.2) is 47.5 Å². The minimum Gasteiger partial charge on any atom is -0.320 e. The maximum Gasteiger partial charge on any atom is 0.282 e. The highest BCUT2D eigenvalue weighted by atomic mass is 32.2. The maximum absolute atomic E-state index is 12.6. The van der Waals surface area contributed by atoms with Crippen molar-refractivity contribution in [3.63, 3.8) is 0 Å². The number of thioether (sulfide) groups is 1. The number of para-hydroxylation sites is 1. The van der Waals surface area contributed by atoms with Gasteiger partial charge in [-0.2, -0.15) is 5.10 Å². The van der Waals surface area contributed by atoms with E-state index in [0.717, 1.165) is 32.6 Å². The minimum atomic E-state index is -0.384. The number of likely N-dealkylation sites (N-methyl/N-ethyl adjacent to an activating group) is 1. The third kappa shape index (κ3) is 5.11. The Morgan fingerprint density at radius 2 is 1.93 bits per heavy atom. The number of carbonyl (C=O) groups excluding carboxylic acids is 2. The number of quaternary nitrogens is 1. The molecule has 2 aromatic rings.